The van der Waals surface area contributed by atoms with Crippen LogP contribution in [-0.4, -0.2) is 65.4 Å². The number of β-amino-alcohol motifs (C(OH)–C–C–N with tert-alkyl or cyclic N) is 1. The largest absolute Gasteiger partial charge is 0.490 e. The average molecular weight is 390 g/mol. The van der Waals surface area contributed by atoms with Crippen LogP contribution in [0.5, 0.6) is 5.75 Å². The molecule has 3 heterocycles. The molecule has 6 heteroatoms. The number of aliphatic hydroxyl groups is 1. The summed E-state index contributed by atoms with van der Waals surface area (Å²) in [4.78, 5) is 11.2. The highest BCUT2D eigenvalue weighted by molar-refractivity contribution is 5.92. The van der Waals surface area contributed by atoms with Gasteiger partial charge in [-0.1, -0.05) is 12.1 Å². The molecular weight excluding hydrogens is 364 g/mol. The molecule has 6 nitrogen and oxygen atoms in total. The van der Waals surface area contributed by atoms with Crippen molar-refractivity contribution in [3.8, 4) is 5.75 Å². The number of piperazine rings is 1. The highest BCUT2D eigenvalue weighted by Gasteiger charge is 2.21. The standard InChI is InChI=1S/C23H26N4O2/c28-17(16-29-23-6-2-4-21-19(23)8-10-25-21)15-26-11-13-27(14-12-26)22-5-1-3-20-18(22)7-9-24-20/h1-10,17,24-25,28H,11-16H2. The fourth-order valence-corrected chi connectivity index (χ4v) is 4.24. The number of hydrogen-bond acceptors (Lipinski definition) is 4. The molecule has 1 unspecified atom stereocenters. The van der Waals surface area contributed by atoms with Gasteiger partial charge in [-0.3, -0.25) is 4.90 Å². The van der Waals surface area contributed by atoms with Crippen LogP contribution in [0.15, 0.2) is 60.9 Å². The Kier molecular flexibility index (Phi) is 4.87. The van der Waals surface area contributed by atoms with Gasteiger partial charge in [-0.2, -0.15) is 0 Å². The minimum atomic E-state index is -0.510. The van der Waals surface area contributed by atoms with E-state index in [1.54, 1.807) is 0 Å². The lowest BCUT2D eigenvalue weighted by atomic mass is 10.1. The quantitative estimate of drug-likeness (QED) is 0.473. The van der Waals surface area contributed by atoms with Crippen molar-refractivity contribution in [3.63, 3.8) is 0 Å². The number of hydrogen-bond donors (Lipinski definition) is 3. The molecule has 1 fully saturated rings. The van der Waals surface area contributed by atoms with Gasteiger partial charge in [0.1, 0.15) is 18.5 Å². The van der Waals surface area contributed by atoms with Crippen molar-refractivity contribution >= 4 is 27.5 Å². The fourth-order valence-electron chi connectivity index (χ4n) is 4.24. The van der Waals surface area contributed by atoms with Gasteiger partial charge in [0.25, 0.3) is 0 Å². The van der Waals surface area contributed by atoms with Crippen LogP contribution in [0.2, 0.25) is 0 Å². The van der Waals surface area contributed by atoms with Gasteiger partial charge < -0.3 is 24.7 Å². The summed E-state index contributed by atoms with van der Waals surface area (Å²) >= 11 is 0. The zero-order valence-electron chi connectivity index (χ0n) is 16.3. The molecule has 4 aromatic rings. The number of benzene rings is 2. The van der Waals surface area contributed by atoms with Crippen molar-refractivity contribution < 1.29 is 9.84 Å². The van der Waals surface area contributed by atoms with E-state index >= 15 is 0 Å². The first-order valence-corrected chi connectivity index (χ1v) is 10.2. The minimum Gasteiger partial charge on any atom is -0.490 e. The first-order valence-electron chi connectivity index (χ1n) is 10.2. The highest BCUT2D eigenvalue weighted by Crippen LogP contribution is 2.27. The van der Waals surface area contributed by atoms with Gasteiger partial charge in [0.05, 0.1) is 0 Å². The summed E-state index contributed by atoms with van der Waals surface area (Å²) in [5.41, 5.74) is 3.51. The second kappa shape index (κ2) is 7.81. The molecule has 2 aromatic carbocycles. The molecule has 5 rings (SSSR count). The molecule has 0 amide bonds. The van der Waals surface area contributed by atoms with Gasteiger partial charge >= 0.3 is 0 Å². The molecular formula is C23H26N4O2. The van der Waals surface area contributed by atoms with Gasteiger partial charge in [-0.05, 0) is 36.4 Å². The Morgan fingerprint density at radius 1 is 0.862 bits per heavy atom. The van der Waals surface area contributed by atoms with Crippen molar-refractivity contribution in [2.75, 3.05) is 44.2 Å². The third kappa shape index (κ3) is 3.69. The first-order chi connectivity index (χ1) is 14.3. The van der Waals surface area contributed by atoms with Crippen LogP contribution in [0.4, 0.5) is 5.69 Å². The molecule has 29 heavy (non-hydrogen) atoms. The van der Waals surface area contributed by atoms with Gasteiger partial charge in [-0.25, -0.2) is 0 Å². The maximum Gasteiger partial charge on any atom is 0.128 e. The number of ether oxygens (including phenoxy) is 1. The van der Waals surface area contributed by atoms with Crippen molar-refractivity contribution in [3.05, 3.63) is 60.9 Å². The van der Waals surface area contributed by atoms with Crippen molar-refractivity contribution in [1.29, 1.82) is 0 Å². The maximum atomic E-state index is 10.5. The van der Waals surface area contributed by atoms with E-state index in [1.165, 1.54) is 16.6 Å². The molecule has 1 aliphatic rings. The minimum absolute atomic E-state index is 0.299. The third-order valence-electron chi connectivity index (χ3n) is 5.74. The number of nitrogens with one attached hydrogen (secondary N) is 2. The van der Waals surface area contributed by atoms with E-state index in [1.807, 2.05) is 36.7 Å². The molecule has 0 spiro atoms. The number of H-pyrrole nitrogens is 2. The van der Waals surface area contributed by atoms with Gasteiger partial charge in [0, 0.05) is 72.6 Å². The Morgan fingerprint density at radius 3 is 2.34 bits per heavy atom. The van der Waals surface area contributed by atoms with Crippen molar-refractivity contribution in [1.82, 2.24) is 14.9 Å². The molecule has 2 aromatic heterocycles. The van der Waals surface area contributed by atoms with Gasteiger partial charge in [0.2, 0.25) is 0 Å². The number of aromatic nitrogens is 2. The third-order valence-corrected chi connectivity index (χ3v) is 5.74. The fraction of sp³-hybridized carbons (Fsp3) is 0.304. The molecule has 0 aliphatic carbocycles. The van der Waals surface area contributed by atoms with Gasteiger partial charge in [-0.15, -0.1) is 0 Å². The molecule has 1 atom stereocenters. The topological polar surface area (TPSA) is 67.5 Å². The number of anilines is 1. The van der Waals surface area contributed by atoms with Crippen molar-refractivity contribution in [2.24, 2.45) is 0 Å². The summed E-state index contributed by atoms with van der Waals surface area (Å²) in [7, 11) is 0. The Morgan fingerprint density at radius 2 is 1.55 bits per heavy atom. The Bertz CT molecular complexity index is 1090. The van der Waals surface area contributed by atoms with E-state index in [0.717, 1.165) is 42.8 Å². The smallest absolute Gasteiger partial charge is 0.128 e. The van der Waals surface area contributed by atoms with E-state index in [9.17, 15) is 5.11 Å². The number of nitrogens with zero attached hydrogens (tertiary/aromatic N) is 2. The van der Waals surface area contributed by atoms with Crippen LogP contribution in [0, 0.1) is 0 Å². The normalized spacial score (nSPS) is 16.5. The SMILES string of the molecule is OC(COc1cccc2[nH]ccc12)CN1CCN(c2cccc3[nH]ccc23)CC1. The number of rotatable bonds is 6. The Balaban J connectivity index is 1.15. The summed E-state index contributed by atoms with van der Waals surface area (Å²) < 4.78 is 5.90. The zero-order valence-corrected chi connectivity index (χ0v) is 16.3. The molecule has 1 aliphatic heterocycles. The second-order valence-corrected chi connectivity index (χ2v) is 7.66. The lowest BCUT2D eigenvalue weighted by Gasteiger charge is -2.37. The summed E-state index contributed by atoms with van der Waals surface area (Å²) in [6.45, 7) is 4.72. The van der Waals surface area contributed by atoms with Crippen LogP contribution in [0.25, 0.3) is 21.8 Å². The molecule has 3 N–H and O–H groups in total. The highest BCUT2D eigenvalue weighted by atomic mass is 16.5. The average Bonchev–Trinajstić information content (AvgIpc) is 3.42. The molecule has 1 saturated heterocycles. The van der Waals surface area contributed by atoms with E-state index in [-0.39, 0.29) is 0 Å². The summed E-state index contributed by atoms with van der Waals surface area (Å²) in [5, 5.41) is 12.8. The Hall–Kier alpha value is -2.96. The van der Waals surface area contributed by atoms with Crippen molar-refractivity contribution in [2.45, 2.75) is 6.10 Å². The number of fused-ring (bicyclic) bond motifs is 2. The first kappa shape index (κ1) is 18.1. The van der Waals surface area contributed by atoms with Gasteiger partial charge in [0.15, 0.2) is 0 Å². The Labute approximate surface area is 169 Å². The zero-order chi connectivity index (χ0) is 19.6. The van der Waals surface area contributed by atoms with E-state index in [0.29, 0.717) is 13.2 Å². The summed E-state index contributed by atoms with van der Waals surface area (Å²) in [5.74, 6) is 0.812. The predicted molar refractivity (Wildman–Crippen MR) is 117 cm³/mol. The van der Waals surface area contributed by atoms with E-state index in [4.69, 9.17) is 4.74 Å². The molecule has 0 saturated carbocycles. The lowest BCUT2D eigenvalue weighted by Crippen LogP contribution is -2.49. The lowest BCUT2D eigenvalue weighted by molar-refractivity contribution is 0.0668. The predicted octanol–water partition coefficient (Wildman–Crippen LogP) is 3.21. The van der Waals surface area contributed by atoms with Crippen LogP contribution < -0.4 is 9.64 Å². The summed E-state index contributed by atoms with van der Waals surface area (Å²) in [6.07, 6.45) is 3.39. The van der Waals surface area contributed by atoms with Crippen LogP contribution in [-0.2, 0) is 0 Å². The van der Waals surface area contributed by atoms with Crippen LogP contribution in [0.1, 0.15) is 0 Å². The second-order valence-electron chi connectivity index (χ2n) is 7.66. The molecule has 150 valence electrons. The van der Waals surface area contributed by atoms with E-state index in [2.05, 4.69) is 44.0 Å². The number of aromatic amines is 2. The summed E-state index contributed by atoms with van der Waals surface area (Å²) in [6, 6.07) is 16.5. The maximum absolute atomic E-state index is 10.5. The monoisotopic (exact) mass is 390 g/mol. The van der Waals surface area contributed by atoms with E-state index < -0.39 is 6.10 Å². The van der Waals surface area contributed by atoms with Crippen LogP contribution >= 0.6 is 0 Å². The number of aliphatic hydroxyl groups excluding tert-OH is 1. The molecule has 0 bridgehead atoms. The van der Waals surface area contributed by atoms with Crippen LogP contribution in [0.3, 0.4) is 0 Å². The molecule has 0 radical (unpaired) electrons.